The van der Waals surface area contributed by atoms with Crippen LogP contribution in [0.3, 0.4) is 0 Å². The van der Waals surface area contributed by atoms with Crippen molar-refractivity contribution in [1.82, 2.24) is 29.4 Å². The van der Waals surface area contributed by atoms with Gasteiger partial charge < -0.3 is 5.73 Å². The van der Waals surface area contributed by atoms with E-state index in [9.17, 15) is 0 Å². The Morgan fingerprint density at radius 3 is 3.00 bits per heavy atom. The zero-order valence-corrected chi connectivity index (χ0v) is 9.77. The molecule has 7 nitrogen and oxygen atoms in total. The number of nitrogens with two attached hydrogens (primary N) is 1. The number of aromatic nitrogens is 6. The van der Waals surface area contributed by atoms with Crippen LogP contribution in [0.25, 0.3) is 5.78 Å². The summed E-state index contributed by atoms with van der Waals surface area (Å²) >= 11 is 0. The molecule has 0 bridgehead atoms. The van der Waals surface area contributed by atoms with Crippen molar-refractivity contribution in [3.63, 3.8) is 0 Å². The Hall–Kier alpha value is -2.28. The van der Waals surface area contributed by atoms with Gasteiger partial charge in [-0.1, -0.05) is 5.21 Å². The molecule has 0 amide bonds. The Bertz CT molecular complexity index is 621. The van der Waals surface area contributed by atoms with E-state index in [0.29, 0.717) is 18.9 Å². The SMILES string of the molecule is NCCc1cn(Cc2cn3cccnc3n2)nn1. The summed E-state index contributed by atoms with van der Waals surface area (Å²) in [5.74, 6) is 0.690. The first-order chi connectivity index (χ1) is 8.85. The second-order valence-electron chi connectivity index (χ2n) is 4.01. The molecule has 18 heavy (non-hydrogen) atoms. The molecule has 0 spiro atoms. The number of nitrogens with zero attached hydrogens (tertiary/aromatic N) is 6. The van der Waals surface area contributed by atoms with E-state index in [1.807, 2.05) is 29.1 Å². The van der Waals surface area contributed by atoms with Crippen LogP contribution in [0.1, 0.15) is 11.4 Å². The monoisotopic (exact) mass is 243 g/mol. The quantitative estimate of drug-likeness (QED) is 0.689. The molecule has 0 fully saturated rings. The van der Waals surface area contributed by atoms with Crippen LogP contribution in [0.4, 0.5) is 0 Å². The zero-order valence-electron chi connectivity index (χ0n) is 9.77. The Morgan fingerprint density at radius 1 is 1.22 bits per heavy atom. The topological polar surface area (TPSA) is 86.9 Å². The average Bonchev–Trinajstić information content (AvgIpc) is 2.96. The summed E-state index contributed by atoms with van der Waals surface area (Å²) in [6, 6.07) is 1.87. The Kier molecular flexibility index (Phi) is 2.73. The van der Waals surface area contributed by atoms with Gasteiger partial charge in [0, 0.05) is 31.2 Å². The minimum absolute atomic E-state index is 0.580. The van der Waals surface area contributed by atoms with Gasteiger partial charge in [0.05, 0.1) is 17.9 Å². The van der Waals surface area contributed by atoms with Gasteiger partial charge in [0.25, 0.3) is 0 Å². The second kappa shape index (κ2) is 4.53. The van der Waals surface area contributed by atoms with E-state index in [0.717, 1.165) is 17.8 Å². The molecule has 0 aromatic carbocycles. The molecule has 0 aliphatic rings. The van der Waals surface area contributed by atoms with Crippen LogP contribution in [0.15, 0.2) is 30.9 Å². The van der Waals surface area contributed by atoms with Crippen molar-refractivity contribution in [3.05, 3.63) is 42.2 Å². The van der Waals surface area contributed by atoms with Crippen molar-refractivity contribution in [2.24, 2.45) is 5.73 Å². The van der Waals surface area contributed by atoms with E-state index < -0.39 is 0 Å². The second-order valence-corrected chi connectivity index (χ2v) is 4.01. The van der Waals surface area contributed by atoms with E-state index in [-0.39, 0.29) is 0 Å². The van der Waals surface area contributed by atoms with Crippen molar-refractivity contribution in [2.75, 3.05) is 6.54 Å². The van der Waals surface area contributed by atoms with E-state index in [1.165, 1.54) is 0 Å². The van der Waals surface area contributed by atoms with Crippen molar-refractivity contribution >= 4 is 5.78 Å². The summed E-state index contributed by atoms with van der Waals surface area (Å²) in [6.45, 7) is 1.16. The van der Waals surface area contributed by atoms with Gasteiger partial charge in [-0.05, 0) is 12.6 Å². The van der Waals surface area contributed by atoms with Gasteiger partial charge in [-0.2, -0.15) is 0 Å². The molecule has 0 unspecified atom stereocenters. The summed E-state index contributed by atoms with van der Waals surface area (Å²) < 4.78 is 3.64. The van der Waals surface area contributed by atoms with Crippen LogP contribution < -0.4 is 5.73 Å². The summed E-state index contributed by atoms with van der Waals surface area (Å²) in [5.41, 5.74) is 7.28. The van der Waals surface area contributed by atoms with Crippen molar-refractivity contribution < 1.29 is 0 Å². The third kappa shape index (κ3) is 2.07. The van der Waals surface area contributed by atoms with Crippen LogP contribution in [-0.4, -0.2) is 35.9 Å². The maximum absolute atomic E-state index is 5.47. The number of imidazole rings is 1. The molecule has 3 aromatic heterocycles. The lowest BCUT2D eigenvalue weighted by molar-refractivity contribution is 0.640. The molecule has 3 aromatic rings. The molecular weight excluding hydrogens is 230 g/mol. The molecule has 0 radical (unpaired) electrons. The molecule has 3 heterocycles. The van der Waals surface area contributed by atoms with Gasteiger partial charge in [0.2, 0.25) is 5.78 Å². The number of rotatable bonds is 4. The standard InChI is InChI=1S/C11H13N7/c12-3-2-9-7-18(16-15-9)8-10-6-17-5-1-4-13-11(17)14-10/h1,4-7H,2-3,8,12H2. The molecule has 92 valence electrons. The highest BCUT2D eigenvalue weighted by molar-refractivity contribution is 5.29. The highest BCUT2D eigenvalue weighted by atomic mass is 15.4. The van der Waals surface area contributed by atoms with Crippen molar-refractivity contribution in [3.8, 4) is 0 Å². The number of hydrogen-bond donors (Lipinski definition) is 1. The van der Waals surface area contributed by atoms with Crippen LogP contribution >= 0.6 is 0 Å². The fraction of sp³-hybridized carbons (Fsp3) is 0.273. The Balaban J connectivity index is 1.82. The van der Waals surface area contributed by atoms with Gasteiger partial charge in [0.1, 0.15) is 0 Å². The third-order valence-corrected chi connectivity index (χ3v) is 2.60. The molecule has 0 saturated carbocycles. The summed E-state index contributed by atoms with van der Waals surface area (Å²) in [7, 11) is 0. The molecule has 0 aliphatic heterocycles. The van der Waals surface area contributed by atoms with Gasteiger partial charge in [-0.3, -0.25) is 4.40 Å². The third-order valence-electron chi connectivity index (χ3n) is 2.60. The Labute approximate surface area is 103 Å². The highest BCUT2D eigenvalue weighted by Gasteiger charge is 2.05. The van der Waals surface area contributed by atoms with Crippen LogP contribution in [-0.2, 0) is 13.0 Å². The van der Waals surface area contributed by atoms with E-state index >= 15 is 0 Å². The zero-order chi connectivity index (χ0) is 12.4. The number of fused-ring (bicyclic) bond motifs is 1. The maximum atomic E-state index is 5.47. The first-order valence-electron chi connectivity index (χ1n) is 5.73. The van der Waals surface area contributed by atoms with Crippen molar-refractivity contribution in [2.45, 2.75) is 13.0 Å². The minimum atomic E-state index is 0.580. The molecule has 0 aliphatic carbocycles. The largest absolute Gasteiger partial charge is 0.330 e. The smallest absolute Gasteiger partial charge is 0.233 e. The summed E-state index contributed by atoms with van der Waals surface area (Å²) in [6.07, 6.45) is 8.21. The molecule has 2 N–H and O–H groups in total. The van der Waals surface area contributed by atoms with E-state index in [4.69, 9.17) is 5.73 Å². The van der Waals surface area contributed by atoms with E-state index in [2.05, 4.69) is 20.3 Å². The average molecular weight is 243 g/mol. The molecule has 3 rings (SSSR count). The molecule has 7 heteroatoms. The van der Waals surface area contributed by atoms with Gasteiger partial charge in [-0.25, -0.2) is 14.6 Å². The molecule has 0 saturated heterocycles. The van der Waals surface area contributed by atoms with E-state index in [1.54, 1.807) is 10.9 Å². The first-order valence-corrected chi connectivity index (χ1v) is 5.73. The fourth-order valence-corrected chi connectivity index (χ4v) is 1.80. The fourth-order valence-electron chi connectivity index (χ4n) is 1.80. The van der Waals surface area contributed by atoms with Crippen molar-refractivity contribution in [1.29, 1.82) is 0 Å². The van der Waals surface area contributed by atoms with Crippen LogP contribution in [0, 0.1) is 0 Å². The predicted octanol–water partition coefficient (Wildman–Crippen LogP) is -0.130. The van der Waals surface area contributed by atoms with Gasteiger partial charge in [-0.15, -0.1) is 5.10 Å². The molecule has 0 atom stereocenters. The Morgan fingerprint density at radius 2 is 2.17 bits per heavy atom. The summed E-state index contributed by atoms with van der Waals surface area (Å²) in [4.78, 5) is 8.57. The lowest BCUT2D eigenvalue weighted by Gasteiger charge is -1.94. The lowest BCUT2D eigenvalue weighted by atomic mass is 10.3. The van der Waals surface area contributed by atoms with Gasteiger partial charge in [0.15, 0.2) is 0 Å². The van der Waals surface area contributed by atoms with Crippen LogP contribution in [0.5, 0.6) is 0 Å². The first kappa shape index (κ1) is 10.8. The minimum Gasteiger partial charge on any atom is -0.330 e. The maximum Gasteiger partial charge on any atom is 0.233 e. The summed E-state index contributed by atoms with van der Waals surface area (Å²) in [5, 5.41) is 8.08. The molecular formula is C11H13N7. The van der Waals surface area contributed by atoms with Crippen LogP contribution in [0.2, 0.25) is 0 Å². The van der Waals surface area contributed by atoms with Gasteiger partial charge >= 0.3 is 0 Å². The normalized spacial score (nSPS) is 11.2. The predicted molar refractivity (Wildman–Crippen MR) is 64.9 cm³/mol. The lowest BCUT2D eigenvalue weighted by Crippen LogP contribution is -2.03. The highest BCUT2D eigenvalue weighted by Crippen LogP contribution is 2.04. The number of hydrogen-bond acceptors (Lipinski definition) is 5.